The van der Waals surface area contributed by atoms with Crippen LogP contribution in [0.25, 0.3) is 0 Å². The molecule has 2 aliphatic heterocycles. The summed E-state index contributed by atoms with van der Waals surface area (Å²) in [5.74, 6) is -0.260. The zero-order valence-corrected chi connectivity index (χ0v) is 13.3. The normalized spacial score (nSPS) is 26.5. The third-order valence-electron chi connectivity index (χ3n) is 4.39. The fourth-order valence-corrected chi connectivity index (χ4v) is 3.17. The number of amides is 1. The molecule has 1 amide bonds. The molecule has 0 saturated carbocycles. The summed E-state index contributed by atoms with van der Waals surface area (Å²) in [6, 6.07) is 1.81. The standard InChI is InChI=1S/C15H17F3N6O/c16-15(17,18)12-3-4-20-14(23-12)22-9-6-11(21-8-9)13(25)24-5-1-2-10(24)7-19/h3-4,9-11,21H,1-2,5-6,8H2,(H,20,22,23)/t9-,10?,11-/m0/s1. The number of nitriles is 1. The molecule has 0 spiro atoms. The van der Waals surface area contributed by atoms with Crippen LogP contribution in [-0.2, 0) is 11.0 Å². The maximum absolute atomic E-state index is 12.7. The Morgan fingerprint density at radius 1 is 1.48 bits per heavy atom. The van der Waals surface area contributed by atoms with Crippen molar-refractivity contribution in [3.8, 4) is 6.07 Å². The second-order valence-corrected chi connectivity index (χ2v) is 6.12. The Kier molecular flexibility index (Phi) is 4.76. The summed E-state index contributed by atoms with van der Waals surface area (Å²) in [5.41, 5.74) is -1.02. The highest BCUT2D eigenvalue weighted by molar-refractivity contribution is 5.83. The molecule has 2 N–H and O–H groups in total. The molecule has 1 aromatic rings. The molecule has 3 heterocycles. The number of halogens is 3. The van der Waals surface area contributed by atoms with E-state index in [0.717, 1.165) is 18.7 Å². The van der Waals surface area contributed by atoms with Crippen LogP contribution in [0.2, 0.25) is 0 Å². The van der Waals surface area contributed by atoms with E-state index in [2.05, 4.69) is 26.7 Å². The third kappa shape index (κ3) is 3.82. The number of hydrogen-bond acceptors (Lipinski definition) is 6. The number of hydrogen-bond donors (Lipinski definition) is 2. The smallest absolute Gasteiger partial charge is 0.350 e. The monoisotopic (exact) mass is 354 g/mol. The van der Waals surface area contributed by atoms with E-state index < -0.39 is 24.0 Å². The highest BCUT2D eigenvalue weighted by Gasteiger charge is 2.37. The van der Waals surface area contributed by atoms with Gasteiger partial charge in [-0.1, -0.05) is 0 Å². The minimum atomic E-state index is -4.53. The molecule has 2 saturated heterocycles. The summed E-state index contributed by atoms with van der Waals surface area (Å²) in [4.78, 5) is 21.3. The van der Waals surface area contributed by atoms with Gasteiger partial charge in [0, 0.05) is 25.3 Å². The van der Waals surface area contributed by atoms with E-state index in [1.807, 2.05) is 0 Å². The zero-order chi connectivity index (χ0) is 18.0. The van der Waals surface area contributed by atoms with Gasteiger partial charge in [-0.05, 0) is 25.3 Å². The highest BCUT2D eigenvalue weighted by Crippen LogP contribution is 2.28. The number of anilines is 1. The minimum Gasteiger partial charge on any atom is -0.350 e. The van der Waals surface area contributed by atoms with Gasteiger partial charge < -0.3 is 15.5 Å². The summed E-state index contributed by atoms with van der Waals surface area (Å²) in [7, 11) is 0. The molecule has 25 heavy (non-hydrogen) atoms. The first-order chi connectivity index (χ1) is 11.9. The van der Waals surface area contributed by atoms with E-state index in [1.165, 1.54) is 0 Å². The average molecular weight is 354 g/mol. The Balaban J connectivity index is 1.60. The first-order valence-corrected chi connectivity index (χ1v) is 7.98. The van der Waals surface area contributed by atoms with Crippen LogP contribution in [0.3, 0.4) is 0 Å². The van der Waals surface area contributed by atoms with Gasteiger partial charge in [0.1, 0.15) is 11.7 Å². The fraction of sp³-hybridized carbons (Fsp3) is 0.600. The maximum Gasteiger partial charge on any atom is 0.433 e. The summed E-state index contributed by atoms with van der Waals surface area (Å²) < 4.78 is 38.1. The van der Waals surface area contributed by atoms with Crippen molar-refractivity contribution >= 4 is 11.9 Å². The van der Waals surface area contributed by atoms with Gasteiger partial charge in [-0.2, -0.15) is 18.4 Å². The molecule has 2 aliphatic rings. The predicted octanol–water partition coefficient (Wildman–Crippen LogP) is 1.15. The van der Waals surface area contributed by atoms with Gasteiger partial charge in [-0.25, -0.2) is 9.97 Å². The number of alkyl halides is 3. The summed E-state index contributed by atoms with van der Waals surface area (Å²) >= 11 is 0. The predicted molar refractivity (Wildman–Crippen MR) is 81.2 cm³/mol. The van der Waals surface area contributed by atoms with Crippen molar-refractivity contribution in [2.24, 2.45) is 0 Å². The molecule has 2 fully saturated rings. The van der Waals surface area contributed by atoms with Crippen molar-refractivity contribution < 1.29 is 18.0 Å². The maximum atomic E-state index is 12.7. The molecule has 0 aromatic carbocycles. The molecule has 7 nitrogen and oxygen atoms in total. The lowest BCUT2D eigenvalue weighted by Gasteiger charge is -2.23. The van der Waals surface area contributed by atoms with Crippen LogP contribution in [-0.4, -0.2) is 52.0 Å². The molecule has 0 aliphatic carbocycles. The molecule has 3 rings (SSSR count). The van der Waals surface area contributed by atoms with Crippen molar-refractivity contribution in [3.63, 3.8) is 0 Å². The van der Waals surface area contributed by atoms with Gasteiger partial charge in [0.05, 0.1) is 12.1 Å². The van der Waals surface area contributed by atoms with Gasteiger partial charge in [-0.15, -0.1) is 0 Å². The van der Waals surface area contributed by atoms with Crippen LogP contribution in [0.5, 0.6) is 0 Å². The molecule has 134 valence electrons. The largest absolute Gasteiger partial charge is 0.433 e. The van der Waals surface area contributed by atoms with Crippen molar-refractivity contribution in [3.05, 3.63) is 18.0 Å². The molecule has 1 aromatic heterocycles. The number of rotatable bonds is 3. The van der Waals surface area contributed by atoms with Crippen molar-refractivity contribution in [1.82, 2.24) is 20.2 Å². The summed E-state index contributed by atoms with van der Waals surface area (Å²) in [6.45, 7) is 0.963. The van der Waals surface area contributed by atoms with Crippen LogP contribution in [0.4, 0.5) is 19.1 Å². The van der Waals surface area contributed by atoms with Crippen LogP contribution in [0.15, 0.2) is 12.3 Å². The molecule has 1 unspecified atom stereocenters. The quantitative estimate of drug-likeness (QED) is 0.846. The van der Waals surface area contributed by atoms with Gasteiger partial charge >= 0.3 is 6.18 Å². The number of carbonyl (C=O) groups excluding carboxylic acids is 1. The van der Waals surface area contributed by atoms with Gasteiger partial charge in [0.25, 0.3) is 0 Å². The van der Waals surface area contributed by atoms with Gasteiger partial charge in [-0.3, -0.25) is 4.79 Å². The first-order valence-electron chi connectivity index (χ1n) is 7.98. The molecule has 10 heteroatoms. The minimum absolute atomic E-state index is 0.120. The Hall–Kier alpha value is -2.41. The topological polar surface area (TPSA) is 93.9 Å². The van der Waals surface area contributed by atoms with E-state index in [0.29, 0.717) is 25.9 Å². The van der Waals surface area contributed by atoms with E-state index in [-0.39, 0.29) is 17.9 Å². The van der Waals surface area contributed by atoms with Crippen molar-refractivity contribution in [1.29, 1.82) is 5.26 Å². The highest BCUT2D eigenvalue weighted by atomic mass is 19.4. The van der Waals surface area contributed by atoms with Gasteiger partial charge in [0.2, 0.25) is 11.9 Å². The van der Waals surface area contributed by atoms with Gasteiger partial charge in [0.15, 0.2) is 0 Å². The number of aromatic nitrogens is 2. The van der Waals surface area contributed by atoms with E-state index >= 15 is 0 Å². The second kappa shape index (κ2) is 6.84. The number of nitrogens with zero attached hydrogens (tertiary/aromatic N) is 4. The SMILES string of the molecule is N#CC1CCCN1C(=O)[C@@H]1C[C@H](Nc2nccc(C(F)(F)F)n2)CN1. The lowest BCUT2D eigenvalue weighted by atomic mass is 10.1. The number of likely N-dealkylation sites (tertiary alicyclic amines) is 1. The van der Waals surface area contributed by atoms with Crippen molar-refractivity contribution in [2.75, 3.05) is 18.4 Å². The fourth-order valence-electron chi connectivity index (χ4n) is 3.17. The first kappa shape index (κ1) is 17.4. The average Bonchev–Trinajstić information content (AvgIpc) is 3.22. The number of nitrogens with one attached hydrogen (secondary N) is 2. The van der Waals surface area contributed by atoms with E-state index in [4.69, 9.17) is 5.26 Å². The molecule has 3 atom stereocenters. The molecule has 0 bridgehead atoms. The Labute approximate surface area is 142 Å². The van der Waals surface area contributed by atoms with Crippen LogP contribution in [0, 0.1) is 11.3 Å². The molecular weight excluding hydrogens is 337 g/mol. The Bertz CT molecular complexity index is 689. The van der Waals surface area contributed by atoms with Crippen LogP contribution in [0.1, 0.15) is 25.0 Å². The van der Waals surface area contributed by atoms with E-state index in [9.17, 15) is 18.0 Å². The zero-order valence-electron chi connectivity index (χ0n) is 13.3. The summed E-state index contributed by atoms with van der Waals surface area (Å²) in [6.07, 6.45) is -1.61. The third-order valence-corrected chi connectivity index (χ3v) is 4.39. The lowest BCUT2D eigenvalue weighted by molar-refractivity contribution is -0.141. The lowest BCUT2D eigenvalue weighted by Crippen LogP contribution is -2.45. The number of carbonyl (C=O) groups is 1. The molecule has 0 radical (unpaired) electrons. The van der Waals surface area contributed by atoms with E-state index in [1.54, 1.807) is 4.90 Å². The van der Waals surface area contributed by atoms with Crippen LogP contribution < -0.4 is 10.6 Å². The molecular formula is C15H17F3N6O. The Morgan fingerprint density at radius 2 is 2.28 bits per heavy atom. The summed E-state index contributed by atoms with van der Waals surface area (Å²) in [5, 5.41) is 15.0. The Morgan fingerprint density at radius 3 is 3.00 bits per heavy atom. The van der Waals surface area contributed by atoms with Crippen molar-refractivity contribution in [2.45, 2.75) is 43.6 Å². The second-order valence-electron chi connectivity index (χ2n) is 6.12. The van der Waals surface area contributed by atoms with Crippen LogP contribution >= 0.6 is 0 Å².